The normalized spacial score (nSPS) is 18.8. The number of amides is 1. The molecule has 0 aromatic carbocycles. The molecule has 0 bridgehead atoms. The summed E-state index contributed by atoms with van der Waals surface area (Å²) in [6.45, 7) is 6.90. The molecule has 28 heavy (non-hydrogen) atoms. The molecule has 0 saturated carbocycles. The highest BCUT2D eigenvalue weighted by atomic mass is 32.2. The van der Waals surface area contributed by atoms with Crippen LogP contribution in [0.15, 0.2) is 28.0 Å². The highest BCUT2D eigenvalue weighted by Gasteiger charge is 2.33. The number of carbonyl (C=O) groups excluding carboxylic acids is 1. The fourth-order valence-corrected chi connectivity index (χ4v) is 4.88. The van der Waals surface area contributed by atoms with Gasteiger partial charge in [-0.05, 0) is 36.8 Å². The second-order valence-electron chi connectivity index (χ2n) is 6.80. The molecule has 9 heteroatoms. The molecule has 0 saturated heterocycles. The number of thiophene rings is 1. The Morgan fingerprint density at radius 3 is 2.96 bits per heavy atom. The predicted molar refractivity (Wildman–Crippen MR) is 111 cm³/mol. The van der Waals surface area contributed by atoms with E-state index in [9.17, 15) is 4.79 Å². The largest absolute Gasteiger partial charge is 0.459 e. The maximum absolute atomic E-state index is 12.3. The molecule has 1 aliphatic heterocycles. The van der Waals surface area contributed by atoms with Crippen LogP contribution in [0.5, 0.6) is 0 Å². The van der Waals surface area contributed by atoms with Crippen molar-refractivity contribution in [1.82, 2.24) is 15.4 Å². The van der Waals surface area contributed by atoms with Crippen LogP contribution in [-0.4, -0.2) is 27.2 Å². The number of hydrazine groups is 1. The molecule has 148 valence electrons. The van der Waals surface area contributed by atoms with Crippen LogP contribution in [0.1, 0.15) is 48.2 Å². The number of furan rings is 1. The zero-order valence-corrected chi connectivity index (χ0v) is 17.6. The first-order valence-corrected chi connectivity index (χ1v) is 11.0. The Labute approximate surface area is 171 Å². The fourth-order valence-electron chi connectivity index (χ4n) is 3.15. The molecule has 0 radical (unpaired) electrons. The number of hydrogen-bond donors (Lipinski definition) is 2. The van der Waals surface area contributed by atoms with Gasteiger partial charge in [0.15, 0.2) is 16.7 Å². The third-order valence-electron chi connectivity index (χ3n) is 4.88. The summed E-state index contributed by atoms with van der Waals surface area (Å²) in [4.78, 5) is 23.7. The predicted octanol–water partition coefficient (Wildman–Crippen LogP) is 4.39. The Kier molecular flexibility index (Phi) is 5.31. The Bertz CT molecular complexity index is 1000. The SMILES string of the molecule is CCSc1nc(NNC(=O)c2ccco2)c2c3c(sc2n1)COC(C)(CC)C3. The van der Waals surface area contributed by atoms with Crippen LogP contribution in [0, 0.1) is 0 Å². The van der Waals surface area contributed by atoms with E-state index in [1.807, 2.05) is 0 Å². The van der Waals surface area contributed by atoms with E-state index < -0.39 is 0 Å². The van der Waals surface area contributed by atoms with Crippen LogP contribution < -0.4 is 10.9 Å². The molecule has 7 nitrogen and oxygen atoms in total. The lowest BCUT2D eigenvalue weighted by Gasteiger charge is -2.33. The third kappa shape index (κ3) is 3.61. The Hall–Kier alpha value is -2.10. The van der Waals surface area contributed by atoms with Crippen molar-refractivity contribution in [3.05, 3.63) is 34.6 Å². The Balaban J connectivity index is 1.72. The van der Waals surface area contributed by atoms with Crippen LogP contribution in [0.2, 0.25) is 0 Å². The summed E-state index contributed by atoms with van der Waals surface area (Å²) in [6, 6.07) is 3.29. The third-order valence-corrected chi connectivity index (χ3v) is 6.71. The molecule has 1 atom stereocenters. The number of nitrogens with zero attached hydrogens (tertiary/aromatic N) is 2. The number of fused-ring (bicyclic) bond motifs is 3. The van der Waals surface area contributed by atoms with Gasteiger partial charge in [-0.15, -0.1) is 11.3 Å². The summed E-state index contributed by atoms with van der Waals surface area (Å²) in [5.74, 6) is 1.36. The number of ether oxygens (including phenoxy) is 1. The zero-order chi connectivity index (χ0) is 19.7. The first-order valence-electron chi connectivity index (χ1n) is 9.22. The number of rotatable bonds is 6. The maximum Gasteiger partial charge on any atom is 0.305 e. The van der Waals surface area contributed by atoms with Crippen molar-refractivity contribution in [3.8, 4) is 0 Å². The van der Waals surface area contributed by atoms with E-state index in [0.717, 1.165) is 28.8 Å². The Morgan fingerprint density at radius 2 is 2.25 bits per heavy atom. The number of hydrogen-bond acceptors (Lipinski definition) is 8. The summed E-state index contributed by atoms with van der Waals surface area (Å²) in [6.07, 6.45) is 3.18. The van der Waals surface area contributed by atoms with Crippen molar-refractivity contribution in [1.29, 1.82) is 0 Å². The number of thioether (sulfide) groups is 1. The van der Waals surface area contributed by atoms with E-state index in [2.05, 4.69) is 36.6 Å². The van der Waals surface area contributed by atoms with Gasteiger partial charge in [-0.2, -0.15) is 0 Å². The maximum atomic E-state index is 12.3. The van der Waals surface area contributed by atoms with Gasteiger partial charge in [-0.25, -0.2) is 9.97 Å². The van der Waals surface area contributed by atoms with Gasteiger partial charge in [0.05, 0.1) is 23.9 Å². The molecule has 4 heterocycles. The summed E-state index contributed by atoms with van der Waals surface area (Å²) >= 11 is 3.20. The molecular weight excluding hydrogens is 396 g/mol. The second kappa shape index (κ2) is 7.73. The number of nitrogens with one attached hydrogen (secondary N) is 2. The minimum atomic E-state index is -0.354. The first kappa shape index (κ1) is 19.2. The second-order valence-corrected chi connectivity index (χ2v) is 9.11. The highest BCUT2D eigenvalue weighted by molar-refractivity contribution is 7.99. The van der Waals surface area contributed by atoms with Crippen LogP contribution in [0.25, 0.3) is 10.2 Å². The first-order chi connectivity index (χ1) is 13.5. The van der Waals surface area contributed by atoms with E-state index in [1.54, 1.807) is 35.2 Å². The molecule has 0 spiro atoms. The van der Waals surface area contributed by atoms with E-state index >= 15 is 0 Å². The van der Waals surface area contributed by atoms with Crippen molar-refractivity contribution in [2.45, 2.75) is 51.0 Å². The molecule has 3 aromatic rings. The molecule has 0 aliphatic carbocycles. The summed E-state index contributed by atoms with van der Waals surface area (Å²) in [5, 5.41) is 1.64. The van der Waals surface area contributed by atoms with Crippen molar-refractivity contribution in [2.75, 3.05) is 11.2 Å². The number of carbonyl (C=O) groups is 1. The molecule has 0 fully saturated rings. The molecule has 4 rings (SSSR count). The van der Waals surface area contributed by atoms with Gasteiger partial charge in [-0.3, -0.25) is 15.6 Å². The van der Waals surface area contributed by atoms with Crippen molar-refractivity contribution in [2.24, 2.45) is 0 Å². The quantitative estimate of drug-likeness (QED) is 0.348. The lowest BCUT2D eigenvalue weighted by molar-refractivity contribution is -0.0543. The topological polar surface area (TPSA) is 89.3 Å². The van der Waals surface area contributed by atoms with Gasteiger partial charge in [0.25, 0.3) is 0 Å². The molecule has 1 amide bonds. The van der Waals surface area contributed by atoms with Crippen molar-refractivity contribution in [3.63, 3.8) is 0 Å². The lowest BCUT2D eigenvalue weighted by atomic mass is 9.90. The highest BCUT2D eigenvalue weighted by Crippen LogP contribution is 2.42. The van der Waals surface area contributed by atoms with Crippen LogP contribution in [0.3, 0.4) is 0 Å². The average molecular weight is 419 g/mol. The van der Waals surface area contributed by atoms with E-state index in [0.29, 0.717) is 17.6 Å². The fraction of sp³-hybridized carbons (Fsp3) is 0.421. The lowest BCUT2D eigenvalue weighted by Crippen LogP contribution is -2.34. The van der Waals surface area contributed by atoms with Crippen molar-refractivity contribution < 1.29 is 13.9 Å². The summed E-state index contributed by atoms with van der Waals surface area (Å²) in [5.41, 5.74) is 6.69. The minimum absolute atomic E-state index is 0.202. The smallest absolute Gasteiger partial charge is 0.305 e. The van der Waals surface area contributed by atoms with Crippen molar-refractivity contribution >= 4 is 45.0 Å². The van der Waals surface area contributed by atoms with Crippen LogP contribution >= 0.6 is 23.1 Å². The van der Waals surface area contributed by atoms with Gasteiger partial charge < -0.3 is 9.15 Å². The average Bonchev–Trinajstić information content (AvgIpc) is 3.34. The van der Waals surface area contributed by atoms with Gasteiger partial charge in [0.1, 0.15) is 4.83 Å². The van der Waals surface area contributed by atoms with Crippen LogP contribution in [0.4, 0.5) is 5.82 Å². The molecule has 3 aromatic heterocycles. The zero-order valence-electron chi connectivity index (χ0n) is 16.0. The molecular formula is C19H22N4O3S2. The monoisotopic (exact) mass is 418 g/mol. The summed E-state index contributed by atoms with van der Waals surface area (Å²) in [7, 11) is 0. The number of aromatic nitrogens is 2. The molecule has 1 aliphatic rings. The Morgan fingerprint density at radius 1 is 1.39 bits per heavy atom. The van der Waals surface area contributed by atoms with Gasteiger partial charge in [0, 0.05) is 11.3 Å². The van der Waals surface area contributed by atoms with E-state index in [4.69, 9.17) is 14.1 Å². The van der Waals surface area contributed by atoms with Gasteiger partial charge in [-0.1, -0.05) is 25.6 Å². The van der Waals surface area contributed by atoms with E-state index in [-0.39, 0.29) is 17.3 Å². The van der Waals surface area contributed by atoms with E-state index in [1.165, 1.54) is 16.7 Å². The number of anilines is 1. The van der Waals surface area contributed by atoms with Crippen LogP contribution in [-0.2, 0) is 17.8 Å². The van der Waals surface area contributed by atoms with Gasteiger partial charge in [0.2, 0.25) is 0 Å². The standard InChI is InChI=1S/C19H22N4O3S2/c1-4-19(3)9-11-13(10-26-19)28-17-14(11)15(20-18(21-17)27-5-2)22-23-16(24)12-7-6-8-25-12/h6-8H,4-5,9-10H2,1-3H3,(H,23,24)(H,20,21,22). The molecule has 2 N–H and O–H groups in total. The molecule has 1 unspecified atom stereocenters. The minimum Gasteiger partial charge on any atom is -0.459 e. The van der Waals surface area contributed by atoms with Gasteiger partial charge >= 0.3 is 5.91 Å². The summed E-state index contributed by atoms with van der Waals surface area (Å²) < 4.78 is 11.2.